The van der Waals surface area contributed by atoms with Gasteiger partial charge in [-0.05, 0) is 43.9 Å². The number of rotatable bonds is 1. The number of aromatic nitrogens is 1. The van der Waals surface area contributed by atoms with Crippen molar-refractivity contribution in [3.05, 3.63) is 27.8 Å². The maximum absolute atomic E-state index is 4.73. The maximum Gasteiger partial charge on any atom is 0.0844 e. The summed E-state index contributed by atoms with van der Waals surface area (Å²) in [7, 11) is 0. The molecule has 80 valence electrons. The summed E-state index contributed by atoms with van der Waals surface area (Å²) >= 11 is 1.86. The van der Waals surface area contributed by atoms with E-state index in [1.54, 1.807) is 0 Å². The zero-order chi connectivity index (χ0) is 11.2. The largest absolute Gasteiger partial charge is 0.252 e. The highest BCUT2D eigenvalue weighted by molar-refractivity contribution is 7.19. The molecule has 0 aromatic carbocycles. The van der Waals surface area contributed by atoms with E-state index >= 15 is 0 Å². The predicted molar refractivity (Wildman–Crippen MR) is 67.9 cm³/mol. The summed E-state index contributed by atoms with van der Waals surface area (Å²) in [6.45, 7) is 10.9. The lowest BCUT2D eigenvalue weighted by molar-refractivity contribution is 0.848. The lowest BCUT2D eigenvalue weighted by Gasteiger charge is -2.08. The van der Waals surface area contributed by atoms with Gasteiger partial charge in [0.15, 0.2) is 0 Å². The van der Waals surface area contributed by atoms with E-state index in [1.165, 1.54) is 31.9 Å². The molecule has 0 saturated carbocycles. The van der Waals surface area contributed by atoms with Gasteiger partial charge in [0.05, 0.1) is 10.2 Å². The molecule has 2 aromatic heterocycles. The van der Waals surface area contributed by atoms with Gasteiger partial charge in [-0.2, -0.15) is 0 Å². The van der Waals surface area contributed by atoms with Crippen molar-refractivity contribution in [2.75, 3.05) is 0 Å². The Morgan fingerprint density at radius 1 is 1.20 bits per heavy atom. The van der Waals surface area contributed by atoms with Gasteiger partial charge in [0.1, 0.15) is 0 Å². The van der Waals surface area contributed by atoms with Gasteiger partial charge in [-0.1, -0.05) is 13.8 Å². The monoisotopic (exact) mass is 219 g/mol. The average molecular weight is 219 g/mol. The lowest BCUT2D eigenvalue weighted by Crippen LogP contribution is -1.94. The fraction of sp³-hybridized carbons (Fsp3) is 0.462. The fourth-order valence-electron chi connectivity index (χ4n) is 1.94. The molecule has 0 aliphatic carbocycles. The topological polar surface area (TPSA) is 12.9 Å². The highest BCUT2D eigenvalue weighted by Gasteiger charge is 2.11. The van der Waals surface area contributed by atoms with E-state index in [9.17, 15) is 0 Å². The molecule has 0 N–H and O–H groups in total. The Morgan fingerprint density at radius 2 is 1.87 bits per heavy atom. The molecule has 0 radical (unpaired) electrons. The van der Waals surface area contributed by atoms with Crippen LogP contribution >= 0.6 is 11.3 Å². The van der Waals surface area contributed by atoms with Crippen LogP contribution in [0, 0.1) is 20.8 Å². The first-order valence-corrected chi connectivity index (χ1v) is 6.19. The molecule has 2 heterocycles. The Morgan fingerprint density at radius 3 is 2.47 bits per heavy atom. The minimum absolute atomic E-state index is 0.560. The average Bonchev–Trinajstić information content (AvgIpc) is 2.43. The minimum Gasteiger partial charge on any atom is -0.252 e. The molecule has 15 heavy (non-hydrogen) atoms. The number of fused-ring (bicyclic) bond motifs is 1. The first kappa shape index (κ1) is 10.6. The second-order valence-corrected chi connectivity index (χ2v) is 5.70. The Bertz CT molecular complexity index is 509. The molecule has 0 unspecified atom stereocenters. The third-order valence-corrected chi connectivity index (χ3v) is 4.13. The number of hydrogen-bond acceptors (Lipinski definition) is 2. The predicted octanol–water partition coefficient (Wildman–Crippen LogP) is 4.34. The van der Waals surface area contributed by atoms with E-state index in [2.05, 4.69) is 40.7 Å². The molecule has 1 nitrogen and oxygen atoms in total. The van der Waals surface area contributed by atoms with Gasteiger partial charge in [0, 0.05) is 10.6 Å². The van der Waals surface area contributed by atoms with Crippen LogP contribution in [0.25, 0.3) is 10.2 Å². The van der Waals surface area contributed by atoms with Crippen molar-refractivity contribution in [3.8, 4) is 0 Å². The molecule has 2 heteroatoms. The molecule has 2 aromatic rings. The van der Waals surface area contributed by atoms with E-state index in [0.717, 1.165) is 0 Å². The molecule has 0 fully saturated rings. The minimum atomic E-state index is 0.560. The van der Waals surface area contributed by atoms with Crippen molar-refractivity contribution < 1.29 is 0 Å². The van der Waals surface area contributed by atoms with E-state index in [4.69, 9.17) is 4.98 Å². The van der Waals surface area contributed by atoms with Gasteiger partial charge in [0.2, 0.25) is 0 Å². The number of aryl methyl sites for hydroxylation is 3. The van der Waals surface area contributed by atoms with E-state index in [1.807, 2.05) is 11.3 Å². The van der Waals surface area contributed by atoms with Crippen LogP contribution < -0.4 is 0 Å². The second kappa shape index (κ2) is 3.60. The van der Waals surface area contributed by atoms with Crippen LogP contribution in [0.1, 0.15) is 41.5 Å². The van der Waals surface area contributed by atoms with Crippen LogP contribution in [0.2, 0.25) is 0 Å². The van der Waals surface area contributed by atoms with Crippen molar-refractivity contribution in [1.82, 2.24) is 4.98 Å². The number of thiophene rings is 1. The fourth-order valence-corrected chi connectivity index (χ4v) is 3.00. The van der Waals surface area contributed by atoms with Crippen LogP contribution in [0.5, 0.6) is 0 Å². The maximum atomic E-state index is 4.73. The molecular formula is C13H17NS. The van der Waals surface area contributed by atoms with Crippen LogP contribution in [0.15, 0.2) is 6.07 Å². The summed E-state index contributed by atoms with van der Waals surface area (Å²) in [6, 6.07) is 2.31. The molecule has 0 spiro atoms. The number of hydrogen-bond donors (Lipinski definition) is 0. The van der Waals surface area contributed by atoms with Crippen molar-refractivity contribution in [2.24, 2.45) is 0 Å². The summed E-state index contributed by atoms with van der Waals surface area (Å²) in [6.07, 6.45) is 0. The zero-order valence-electron chi connectivity index (χ0n) is 10.0. The zero-order valence-corrected chi connectivity index (χ0v) is 10.8. The van der Waals surface area contributed by atoms with E-state index in [-0.39, 0.29) is 0 Å². The highest BCUT2D eigenvalue weighted by atomic mass is 32.1. The van der Waals surface area contributed by atoms with Gasteiger partial charge in [-0.25, -0.2) is 0 Å². The van der Waals surface area contributed by atoms with Crippen molar-refractivity contribution in [3.63, 3.8) is 0 Å². The van der Waals surface area contributed by atoms with Crippen LogP contribution in [0.4, 0.5) is 0 Å². The molecular weight excluding hydrogens is 202 g/mol. The van der Waals surface area contributed by atoms with E-state index in [0.29, 0.717) is 5.92 Å². The van der Waals surface area contributed by atoms with Gasteiger partial charge < -0.3 is 0 Å². The highest BCUT2D eigenvalue weighted by Crippen LogP contribution is 2.32. The van der Waals surface area contributed by atoms with Gasteiger partial charge in [0.25, 0.3) is 0 Å². The molecule has 0 atom stereocenters. The summed E-state index contributed by atoms with van der Waals surface area (Å²) in [4.78, 5) is 6.11. The van der Waals surface area contributed by atoms with Crippen molar-refractivity contribution in [1.29, 1.82) is 0 Å². The first-order valence-electron chi connectivity index (χ1n) is 5.38. The third-order valence-electron chi connectivity index (χ3n) is 2.99. The number of nitrogens with zero attached hydrogens (tertiary/aromatic N) is 1. The van der Waals surface area contributed by atoms with Gasteiger partial charge in [-0.15, -0.1) is 11.3 Å². The van der Waals surface area contributed by atoms with Gasteiger partial charge >= 0.3 is 0 Å². The molecule has 2 rings (SSSR count). The molecule has 0 bridgehead atoms. The van der Waals surface area contributed by atoms with E-state index < -0.39 is 0 Å². The Balaban J connectivity index is 2.76. The van der Waals surface area contributed by atoms with Crippen LogP contribution in [0.3, 0.4) is 0 Å². The van der Waals surface area contributed by atoms with Crippen LogP contribution in [-0.2, 0) is 0 Å². The summed E-state index contributed by atoms with van der Waals surface area (Å²) in [5, 5.41) is 0. The molecule has 0 aliphatic rings. The molecule has 0 amide bonds. The van der Waals surface area contributed by atoms with Crippen molar-refractivity contribution in [2.45, 2.75) is 40.5 Å². The van der Waals surface area contributed by atoms with Crippen LogP contribution in [-0.4, -0.2) is 4.98 Å². The molecule has 0 aliphatic heterocycles. The van der Waals surface area contributed by atoms with Crippen molar-refractivity contribution >= 4 is 21.6 Å². The molecule has 0 saturated heterocycles. The summed E-state index contributed by atoms with van der Waals surface area (Å²) in [5.74, 6) is 0.560. The number of pyridine rings is 1. The Labute approximate surface area is 95.2 Å². The smallest absolute Gasteiger partial charge is 0.0844 e. The first-order chi connectivity index (χ1) is 7.00. The summed E-state index contributed by atoms with van der Waals surface area (Å²) in [5.41, 5.74) is 5.09. The standard InChI is InChI=1S/C13H17NS/c1-7(2)11-6-12-13(14-9(11)4)8(3)10(5)15-12/h6-7H,1-5H3. The summed E-state index contributed by atoms with van der Waals surface area (Å²) < 4.78 is 1.33. The lowest BCUT2D eigenvalue weighted by atomic mass is 10.0. The Hall–Kier alpha value is -0.890. The SMILES string of the molecule is Cc1nc2c(C)c(C)sc2cc1C(C)C. The quantitative estimate of drug-likeness (QED) is 0.695. The second-order valence-electron chi connectivity index (χ2n) is 4.45. The third kappa shape index (κ3) is 1.67. The Kier molecular flexibility index (Phi) is 2.55. The normalized spacial score (nSPS) is 11.6. The van der Waals surface area contributed by atoms with Gasteiger partial charge in [-0.3, -0.25) is 4.98 Å².